The Kier molecular flexibility index (Phi) is 5.01. The van der Waals surface area contributed by atoms with Crippen molar-refractivity contribution in [1.29, 1.82) is 0 Å². The molecule has 2 rings (SSSR count). The van der Waals surface area contributed by atoms with E-state index >= 15 is 0 Å². The maximum atomic E-state index is 5.34. The molecule has 106 valence electrons. The van der Waals surface area contributed by atoms with Crippen LogP contribution in [0.1, 0.15) is 16.7 Å². The third-order valence-corrected chi connectivity index (χ3v) is 3.75. The number of benzene rings is 1. The molecular formula is C16H19BrN2O. The Bertz CT molecular complexity index is 582. The molecule has 0 spiro atoms. The highest BCUT2D eigenvalue weighted by Crippen LogP contribution is 2.22. The standard InChI is InChI=1S/C16H19BrN2O/c1-11-9-15(20-3)12(2)8-13(11)6-7-18-16-5-4-14(17)10-19-16/h4-5,8-10H,6-7H2,1-3H3,(H,18,19). The van der Waals surface area contributed by atoms with Crippen LogP contribution in [0.2, 0.25) is 0 Å². The van der Waals surface area contributed by atoms with Crippen LogP contribution in [0.25, 0.3) is 0 Å². The largest absolute Gasteiger partial charge is 0.496 e. The molecule has 1 N–H and O–H groups in total. The quantitative estimate of drug-likeness (QED) is 0.892. The number of aromatic nitrogens is 1. The molecule has 0 atom stereocenters. The number of ether oxygens (including phenoxy) is 1. The summed E-state index contributed by atoms with van der Waals surface area (Å²) in [7, 11) is 1.71. The summed E-state index contributed by atoms with van der Waals surface area (Å²) in [6, 6.07) is 8.25. The first-order valence-corrected chi connectivity index (χ1v) is 7.39. The first-order chi connectivity index (χ1) is 9.60. The molecule has 0 fully saturated rings. The van der Waals surface area contributed by atoms with Gasteiger partial charge in [0.15, 0.2) is 0 Å². The lowest BCUT2D eigenvalue weighted by atomic mass is 10.0. The van der Waals surface area contributed by atoms with Gasteiger partial charge in [0.2, 0.25) is 0 Å². The molecule has 1 heterocycles. The first kappa shape index (κ1) is 14.9. The molecule has 1 aromatic carbocycles. The van der Waals surface area contributed by atoms with Gasteiger partial charge in [0, 0.05) is 17.2 Å². The van der Waals surface area contributed by atoms with E-state index in [0.29, 0.717) is 0 Å². The van der Waals surface area contributed by atoms with Crippen LogP contribution in [-0.2, 0) is 6.42 Å². The van der Waals surface area contributed by atoms with Crippen LogP contribution in [0, 0.1) is 13.8 Å². The maximum Gasteiger partial charge on any atom is 0.125 e. The smallest absolute Gasteiger partial charge is 0.125 e. The Morgan fingerprint density at radius 1 is 1.20 bits per heavy atom. The van der Waals surface area contributed by atoms with E-state index in [1.54, 1.807) is 13.3 Å². The van der Waals surface area contributed by atoms with Gasteiger partial charge < -0.3 is 10.1 Å². The molecule has 4 heteroatoms. The summed E-state index contributed by atoms with van der Waals surface area (Å²) in [5.74, 6) is 1.85. The lowest BCUT2D eigenvalue weighted by molar-refractivity contribution is 0.411. The predicted octanol–water partition coefficient (Wildman–Crippen LogP) is 4.12. The second-order valence-corrected chi connectivity index (χ2v) is 5.70. The van der Waals surface area contributed by atoms with E-state index in [4.69, 9.17) is 4.74 Å². The minimum Gasteiger partial charge on any atom is -0.496 e. The number of rotatable bonds is 5. The van der Waals surface area contributed by atoms with Crippen molar-refractivity contribution in [3.63, 3.8) is 0 Å². The third-order valence-electron chi connectivity index (χ3n) is 3.28. The molecule has 0 bridgehead atoms. The van der Waals surface area contributed by atoms with Gasteiger partial charge in [-0.15, -0.1) is 0 Å². The summed E-state index contributed by atoms with van der Waals surface area (Å²) in [6.07, 6.45) is 2.76. The van der Waals surface area contributed by atoms with Gasteiger partial charge in [0.05, 0.1) is 7.11 Å². The average Bonchev–Trinajstić information content (AvgIpc) is 2.44. The minimum atomic E-state index is 0.862. The summed E-state index contributed by atoms with van der Waals surface area (Å²) in [5.41, 5.74) is 3.78. The van der Waals surface area contributed by atoms with Crippen molar-refractivity contribution in [1.82, 2.24) is 4.98 Å². The molecule has 0 aliphatic carbocycles. The number of hydrogen-bond acceptors (Lipinski definition) is 3. The van der Waals surface area contributed by atoms with E-state index < -0.39 is 0 Å². The van der Waals surface area contributed by atoms with Gasteiger partial charge in [-0.2, -0.15) is 0 Å². The predicted molar refractivity (Wildman–Crippen MR) is 86.6 cm³/mol. The van der Waals surface area contributed by atoms with Crippen LogP contribution in [0.3, 0.4) is 0 Å². The summed E-state index contributed by atoms with van der Waals surface area (Å²) < 4.78 is 6.33. The highest BCUT2D eigenvalue weighted by atomic mass is 79.9. The average molecular weight is 335 g/mol. The summed E-state index contributed by atoms with van der Waals surface area (Å²) in [4.78, 5) is 4.30. The summed E-state index contributed by atoms with van der Waals surface area (Å²) in [6.45, 7) is 5.06. The molecular weight excluding hydrogens is 316 g/mol. The second-order valence-electron chi connectivity index (χ2n) is 4.79. The lowest BCUT2D eigenvalue weighted by Crippen LogP contribution is -2.07. The van der Waals surface area contributed by atoms with Crippen molar-refractivity contribution in [3.8, 4) is 5.75 Å². The third kappa shape index (κ3) is 3.73. The molecule has 3 nitrogen and oxygen atoms in total. The first-order valence-electron chi connectivity index (χ1n) is 6.59. The van der Waals surface area contributed by atoms with E-state index in [9.17, 15) is 0 Å². The number of aryl methyl sites for hydroxylation is 2. The normalized spacial score (nSPS) is 10.4. The number of hydrogen-bond donors (Lipinski definition) is 1. The van der Waals surface area contributed by atoms with Crippen molar-refractivity contribution in [3.05, 3.63) is 51.6 Å². The summed E-state index contributed by atoms with van der Waals surface area (Å²) in [5, 5.41) is 3.33. The van der Waals surface area contributed by atoms with E-state index in [2.05, 4.69) is 52.2 Å². The molecule has 0 saturated carbocycles. The van der Waals surface area contributed by atoms with Gasteiger partial charge >= 0.3 is 0 Å². The number of pyridine rings is 1. The van der Waals surface area contributed by atoms with Crippen molar-refractivity contribution >= 4 is 21.7 Å². The van der Waals surface area contributed by atoms with E-state index in [-0.39, 0.29) is 0 Å². The van der Waals surface area contributed by atoms with E-state index in [1.807, 2.05) is 12.1 Å². The number of nitrogens with zero attached hydrogens (tertiary/aromatic N) is 1. The fraction of sp³-hybridized carbons (Fsp3) is 0.312. The van der Waals surface area contributed by atoms with Crippen molar-refractivity contribution < 1.29 is 4.74 Å². The van der Waals surface area contributed by atoms with Gasteiger partial charge in [-0.3, -0.25) is 0 Å². The topological polar surface area (TPSA) is 34.1 Å². The van der Waals surface area contributed by atoms with Crippen LogP contribution in [0.4, 0.5) is 5.82 Å². The van der Waals surface area contributed by atoms with Gasteiger partial charge in [0.25, 0.3) is 0 Å². The van der Waals surface area contributed by atoms with E-state index in [0.717, 1.165) is 29.0 Å². The van der Waals surface area contributed by atoms with Gasteiger partial charge in [-0.05, 0) is 71.1 Å². The molecule has 2 aromatic rings. The number of methoxy groups -OCH3 is 1. The highest BCUT2D eigenvalue weighted by Gasteiger charge is 2.04. The van der Waals surface area contributed by atoms with Gasteiger partial charge in [-0.25, -0.2) is 4.98 Å². The van der Waals surface area contributed by atoms with Gasteiger partial charge in [0.1, 0.15) is 11.6 Å². The SMILES string of the molecule is COc1cc(C)c(CCNc2ccc(Br)cn2)cc1C. The highest BCUT2D eigenvalue weighted by molar-refractivity contribution is 9.10. The molecule has 0 aliphatic heterocycles. The van der Waals surface area contributed by atoms with Crippen LogP contribution in [0.5, 0.6) is 5.75 Å². The lowest BCUT2D eigenvalue weighted by Gasteiger charge is -2.12. The molecule has 0 saturated heterocycles. The van der Waals surface area contributed by atoms with Crippen LogP contribution >= 0.6 is 15.9 Å². The van der Waals surface area contributed by atoms with Crippen LogP contribution in [0.15, 0.2) is 34.9 Å². The number of anilines is 1. The van der Waals surface area contributed by atoms with Crippen molar-refractivity contribution in [2.24, 2.45) is 0 Å². The van der Waals surface area contributed by atoms with Crippen LogP contribution in [-0.4, -0.2) is 18.6 Å². The molecule has 0 unspecified atom stereocenters. The fourth-order valence-electron chi connectivity index (χ4n) is 2.14. The van der Waals surface area contributed by atoms with Crippen molar-refractivity contribution in [2.45, 2.75) is 20.3 Å². The Labute approximate surface area is 128 Å². The molecule has 20 heavy (non-hydrogen) atoms. The van der Waals surface area contributed by atoms with Crippen LogP contribution < -0.4 is 10.1 Å². The second kappa shape index (κ2) is 6.75. The zero-order valence-corrected chi connectivity index (χ0v) is 13.6. The van der Waals surface area contributed by atoms with Gasteiger partial charge in [-0.1, -0.05) is 6.07 Å². The zero-order valence-electron chi connectivity index (χ0n) is 12.0. The number of halogens is 1. The monoisotopic (exact) mass is 334 g/mol. The Morgan fingerprint density at radius 3 is 2.65 bits per heavy atom. The molecule has 1 aromatic heterocycles. The Balaban J connectivity index is 1.97. The Hall–Kier alpha value is -1.55. The molecule has 0 aliphatic rings. The maximum absolute atomic E-state index is 5.34. The zero-order chi connectivity index (χ0) is 14.5. The van der Waals surface area contributed by atoms with Crippen molar-refractivity contribution in [2.75, 3.05) is 19.0 Å². The molecule has 0 radical (unpaired) electrons. The Morgan fingerprint density at radius 2 is 2.00 bits per heavy atom. The minimum absolute atomic E-state index is 0.862. The number of nitrogens with one attached hydrogen (secondary N) is 1. The fourth-order valence-corrected chi connectivity index (χ4v) is 2.38. The van der Waals surface area contributed by atoms with E-state index in [1.165, 1.54) is 16.7 Å². The summed E-state index contributed by atoms with van der Waals surface area (Å²) >= 11 is 3.38. The molecule has 0 amide bonds.